The van der Waals surface area contributed by atoms with E-state index < -0.39 is 11.6 Å². The number of aliphatic hydroxyl groups is 1. The van der Waals surface area contributed by atoms with E-state index in [1.165, 1.54) is 0 Å². The maximum atomic E-state index is 15.1. The first-order valence-electron chi connectivity index (χ1n) is 11.2. The molecule has 1 saturated heterocycles. The zero-order valence-corrected chi connectivity index (χ0v) is 19.1. The molecule has 10 heteroatoms. The first kappa shape index (κ1) is 22.4. The van der Waals surface area contributed by atoms with Crippen LogP contribution in [0.2, 0.25) is 0 Å². The van der Waals surface area contributed by atoms with E-state index in [0.29, 0.717) is 36.0 Å². The second-order valence-corrected chi connectivity index (χ2v) is 8.80. The topological polar surface area (TPSA) is 86.1 Å². The predicted molar refractivity (Wildman–Crippen MR) is 127 cm³/mol. The van der Waals surface area contributed by atoms with Crippen LogP contribution in [-0.2, 0) is 6.42 Å². The van der Waals surface area contributed by atoms with E-state index in [4.69, 9.17) is 4.74 Å². The summed E-state index contributed by atoms with van der Waals surface area (Å²) < 4.78 is 35.5. The number of piperazine rings is 1. The van der Waals surface area contributed by atoms with Gasteiger partial charge >= 0.3 is 6.01 Å². The summed E-state index contributed by atoms with van der Waals surface area (Å²) in [4.78, 5) is 17.5. The highest BCUT2D eigenvalue weighted by atomic mass is 19.1. The number of aliphatic imine (C=N–C) groups is 1. The summed E-state index contributed by atoms with van der Waals surface area (Å²) in [6, 6.07) is 2.73. The Bertz CT molecular complexity index is 1220. The Balaban J connectivity index is 1.48. The molecule has 3 heterocycles. The zero-order valence-electron chi connectivity index (χ0n) is 19.1. The molecule has 1 aliphatic carbocycles. The van der Waals surface area contributed by atoms with E-state index in [9.17, 15) is 9.50 Å². The first-order chi connectivity index (χ1) is 16.4. The van der Waals surface area contributed by atoms with Crippen molar-refractivity contribution in [2.45, 2.75) is 13.3 Å². The lowest BCUT2D eigenvalue weighted by Gasteiger charge is -2.33. The van der Waals surface area contributed by atoms with E-state index in [2.05, 4.69) is 37.1 Å². The Kier molecular flexibility index (Phi) is 6.01. The van der Waals surface area contributed by atoms with E-state index in [0.717, 1.165) is 43.4 Å². The monoisotopic (exact) mass is 468 g/mol. The van der Waals surface area contributed by atoms with E-state index in [-0.39, 0.29) is 23.9 Å². The molecule has 1 aromatic heterocycles. The molecule has 178 valence electrons. The standard InChI is InChI=1S/C24H26F2N6O2/c1-14-7-16-17(8-14)23(26)19(10-18(16)25)34-24-29-21(28-20-9-15(13-33)12-27-20)11-22(30-24)32-5-3-31(2)4-6-32/h8-11,33H,3-7,12-13H2,1-2H3,(H,27,28,29,30). The van der Waals surface area contributed by atoms with Gasteiger partial charge in [-0.05, 0) is 32.0 Å². The van der Waals surface area contributed by atoms with Crippen molar-refractivity contribution < 1.29 is 18.6 Å². The van der Waals surface area contributed by atoms with Crippen molar-refractivity contribution in [3.8, 4) is 11.8 Å². The molecule has 2 N–H and O–H groups in total. The van der Waals surface area contributed by atoms with Crippen LogP contribution in [0.15, 0.2) is 34.3 Å². The van der Waals surface area contributed by atoms with Crippen molar-refractivity contribution in [1.29, 1.82) is 0 Å². The second-order valence-electron chi connectivity index (χ2n) is 8.80. The van der Waals surface area contributed by atoms with Crippen molar-refractivity contribution in [3.05, 3.63) is 52.1 Å². The van der Waals surface area contributed by atoms with Crippen LogP contribution in [-0.4, -0.2) is 72.2 Å². The highest BCUT2D eigenvalue weighted by Gasteiger charge is 2.24. The van der Waals surface area contributed by atoms with Crippen molar-refractivity contribution >= 4 is 23.5 Å². The number of amidine groups is 1. The SMILES string of the molecule is CC1=Cc2c(F)c(Oc3nc(NC4=NCC(CO)=C4)cc(N4CCN(C)CC4)n3)cc(F)c2C1. The van der Waals surface area contributed by atoms with Gasteiger partial charge in [0.2, 0.25) is 0 Å². The molecule has 0 spiro atoms. The molecular weight excluding hydrogens is 442 g/mol. The largest absolute Gasteiger partial charge is 0.421 e. The predicted octanol–water partition coefficient (Wildman–Crippen LogP) is 3.00. The van der Waals surface area contributed by atoms with Gasteiger partial charge in [-0.2, -0.15) is 9.97 Å². The fourth-order valence-electron chi connectivity index (χ4n) is 4.23. The Morgan fingerprint density at radius 2 is 1.91 bits per heavy atom. The summed E-state index contributed by atoms with van der Waals surface area (Å²) in [5, 5.41) is 12.4. The third-order valence-corrected chi connectivity index (χ3v) is 6.14. The number of rotatable bonds is 5. The van der Waals surface area contributed by atoms with Crippen LogP contribution in [0.4, 0.5) is 20.4 Å². The molecule has 0 atom stereocenters. The molecule has 0 saturated carbocycles. The van der Waals surface area contributed by atoms with Gasteiger partial charge in [0, 0.05) is 49.4 Å². The van der Waals surface area contributed by atoms with Crippen LogP contribution in [0.1, 0.15) is 18.1 Å². The summed E-state index contributed by atoms with van der Waals surface area (Å²) in [7, 11) is 2.06. The lowest BCUT2D eigenvalue weighted by atomic mass is 10.1. The highest BCUT2D eigenvalue weighted by molar-refractivity contribution is 6.05. The minimum Gasteiger partial charge on any atom is -0.421 e. The fourth-order valence-corrected chi connectivity index (χ4v) is 4.23. The number of nitrogens with one attached hydrogen (secondary N) is 1. The third kappa shape index (κ3) is 4.51. The van der Waals surface area contributed by atoms with Gasteiger partial charge in [0.25, 0.3) is 0 Å². The number of anilines is 2. The molecule has 0 bridgehead atoms. The Labute approximate surface area is 196 Å². The van der Waals surface area contributed by atoms with Gasteiger partial charge in [-0.3, -0.25) is 4.99 Å². The number of hydrogen-bond acceptors (Lipinski definition) is 8. The molecule has 3 aliphatic rings. The van der Waals surface area contributed by atoms with Crippen LogP contribution in [0.3, 0.4) is 0 Å². The van der Waals surface area contributed by atoms with Crippen LogP contribution < -0.4 is 15.0 Å². The first-order valence-corrected chi connectivity index (χ1v) is 11.2. The molecule has 0 radical (unpaired) electrons. The van der Waals surface area contributed by atoms with Gasteiger partial charge in [-0.15, -0.1) is 0 Å². The van der Waals surface area contributed by atoms with Crippen LogP contribution >= 0.6 is 0 Å². The number of aliphatic hydroxyl groups excluding tert-OH is 1. The van der Waals surface area contributed by atoms with Gasteiger partial charge in [0.1, 0.15) is 23.3 Å². The number of halogens is 2. The van der Waals surface area contributed by atoms with Gasteiger partial charge in [-0.1, -0.05) is 11.6 Å². The minimum absolute atomic E-state index is 0.0730. The number of benzene rings is 1. The molecule has 34 heavy (non-hydrogen) atoms. The quantitative estimate of drug-likeness (QED) is 0.698. The Hall–Kier alpha value is -3.37. The van der Waals surface area contributed by atoms with Crippen molar-refractivity contribution in [2.24, 2.45) is 4.99 Å². The molecule has 2 aromatic rings. The number of allylic oxidation sites excluding steroid dienone is 1. The minimum atomic E-state index is -0.632. The molecule has 1 fully saturated rings. The lowest BCUT2D eigenvalue weighted by molar-refractivity contribution is 0.311. The summed E-state index contributed by atoms with van der Waals surface area (Å²) in [6.45, 7) is 5.43. The molecule has 0 unspecified atom stereocenters. The van der Waals surface area contributed by atoms with Crippen LogP contribution in [0.5, 0.6) is 11.8 Å². The summed E-state index contributed by atoms with van der Waals surface area (Å²) >= 11 is 0. The molecule has 1 aromatic carbocycles. The molecule has 2 aliphatic heterocycles. The number of aromatic nitrogens is 2. The number of fused-ring (bicyclic) bond motifs is 1. The summed E-state index contributed by atoms with van der Waals surface area (Å²) in [5.74, 6) is 0.161. The van der Waals surface area contributed by atoms with Gasteiger partial charge in [0.15, 0.2) is 11.6 Å². The zero-order chi connectivity index (χ0) is 23.8. The van der Waals surface area contributed by atoms with Gasteiger partial charge < -0.3 is 25.0 Å². The Morgan fingerprint density at radius 3 is 2.65 bits per heavy atom. The van der Waals surface area contributed by atoms with E-state index >= 15 is 4.39 Å². The Morgan fingerprint density at radius 1 is 1.12 bits per heavy atom. The average Bonchev–Trinajstić information content (AvgIpc) is 3.44. The molecule has 0 amide bonds. The lowest BCUT2D eigenvalue weighted by Crippen LogP contribution is -2.44. The smallest absolute Gasteiger partial charge is 0.326 e. The second kappa shape index (κ2) is 9.11. The number of likely N-dealkylation sites (N-methyl/N-ethyl adjacent to an activating group) is 1. The van der Waals surface area contributed by atoms with Crippen molar-refractivity contribution in [3.63, 3.8) is 0 Å². The number of hydrogen-bond donors (Lipinski definition) is 2. The summed E-state index contributed by atoms with van der Waals surface area (Å²) in [6.07, 6.45) is 3.77. The fraction of sp³-hybridized carbons (Fsp3) is 0.375. The van der Waals surface area contributed by atoms with Crippen molar-refractivity contribution in [2.75, 3.05) is 56.6 Å². The average molecular weight is 469 g/mol. The van der Waals surface area contributed by atoms with Crippen LogP contribution in [0, 0.1) is 11.6 Å². The third-order valence-electron chi connectivity index (χ3n) is 6.14. The maximum Gasteiger partial charge on any atom is 0.326 e. The normalized spacial score (nSPS) is 17.9. The van der Waals surface area contributed by atoms with Crippen molar-refractivity contribution in [1.82, 2.24) is 14.9 Å². The molecule has 5 rings (SSSR count). The maximum absolute atomic E-state index is 15.1. The van der Waals surface area contributed by atoms with E-state index in [1.807, 2.05) is 6.92 Å². The molecular formula is C24H26F2N6O2. The van der Waals surface area contributed by atoms with E-state index in [1.54, 1.807) is 18.2 Å². The number of nitrogens with zero attached hydrogens (tertiary/aromatic N) is 5. The highest BCUT2D eigenvalue weighted by Crippen LogP contribution is 2.36. The summed E-state index contributed by atoms with van der Waals surface area (Å²) in [5.41, 5.74) is 2.22. The van der Waals surface area contributed by atoms with Gasteiger partial charge in [0.05, 0.1) is 13.2 Å². The van der Waals surface area contributed by atoms with Crippen LogP contribution in [0.25, 0.3) is 6.08 Å². The number of ether oxygens (including phenoxy) is 1. The van der Waals surface area contributed by atoms with Gasteiger partial charge in [-0.25, -0.2) is 8.78 Å². The molecule has 8 nitrogen and oxygen atoms in total.